The number of rotatable bonds is 3. The van der Waals surface area contributed by atoms with E-state index in [0.29, 0.717) is 11.8 Å². The molecule has 0 aliphatic carbocycles. The summed E-state index contributed by atoms with van der Waals surface area (Å²) in [6.07, 6.45) is 0. The summed E-state index contributed by atoms with van der Waals surface area (Å²) in [6, 6.07) is 13.7. The molecule has 0 spiro atoms. The lowest BCUT2D eigenvalue weighted by Crippen LogP contribution is -1.98. The van der Waals surface area contributed by atoms with Crippen LogP contribution in [0.2, 0.25) is 0 Å². The van der Waals surface area contributed by atoms with Gasteiger partial charge in [-0.3, -0.25) is 0 Å². The van der Waals surface area contributed by atoms with Crippen molar-refractivity contribution < 1.29 is 0 Å². The summed E-state index contributed by atoms with van der Waals surface area (Å²) in [5, 5.41) is 0. The zero-order valence-electron chi connectivity index (χ0n) is 13.6. The molecule has 2 aromatic carbocycles. The topological polar surface area (TPSA) is 0 Å². The molecule has 0 saturated carbocycles. The highest BCUT2D eigenvalue weighted by Crippen LogP contribution is 2.33. The Balaban J connectivity index is 2.61. The van der Waals surface area contributed by atoms with Crippen molar-refractivity contribution in [2.24, 2.45) is 0 Å². The van der Waals surface area contributed by atoms with Crippen molar-refractivity contribution in [2.75, 3.05) is 0 Å². The molecule has 106 valence electrons. The Hall–Kier alpha value is -1.56. The third-order valence-electron chi connectivity index (χ3n) is 4.04. The first kappa shape index (κ1) is 14.8. The van der Waals surface area contributed by atoms with Crippen molar-refractivity contribution in [1.29, 1.82) is 0 Å². The Morgan fingerprint density at radius 1 is 0.700 bits per heavy atom. The van der Waals surface area contributed by atoms with E-state index in [1.807, 2.05) is 0 Å². The van der Waals surface area contributed by atoms with Gasteiger partial charge in [0.1, 0.15) is 0 Å². The Kier molecular flexibility index (Phi) is 4.32. The molecule has 0 aliphatic heterocycles. The summed E-state index contributed by atoms with van der Waals surface area (Å²) in [4.78, 5) is 0. The predicted molar refractivity (Wildman–Crippen MR) is 89.5 cm³/mol. The minimum Gasteiger partial charge on any atom is -0.0587 e. The van der Waals surface area contributed by atoms with Crippen LogP contribution in [0.4, 0.5) is 0 Å². The van der Waals surface area contributed by atoms with Gasteiger partial charge >= 0.3 is 0 Å². The van der Waals surface area contributed by atoms with Crippen molar-refractivity contribution in [3.63, 3.8) is 0 Å². The van der Waals surface area contributed by atoms with Crippen LogP contribution < -0.4 is 0 Å². The molecule has 0 radical (unpaired) electrons. The molecule has 0 fully saturated rings. The van der Waals surface area contributed by atoms with Crippen LogP contribution in [0, 0.1) is 13.8 Å². The quantitative estimate of drug-likeness (QED) is 0.619. The Labute approximate surface area is 123 Å². The fourth-order valence-electron chi connectivity index (χ4n) is 2.78. The van der Waals surface area contributed by atoms with E-state index in [4.69, 9.17) is 0 Å². The van der Waals surface area contributed by atoms with Gasteiger partial charge in [0.25, 0.3) is 0 Å². The standard InChI is InChI=1S/C20H26/c1-13(2)17-8-10-19(20(12-17)14(3)4)18-9-7-15(5)11-16(18)6/h7-14H,1-6H3. The first-order valence-electron chi connectivity index (χ1n) is 7.61. The predicted octanol–water partition coefficient (Wildman–Crippen LogP) is 6.22. The third kappa shape index (κ3) is 2.95. The Morgan fingerprint density at radius 3 is 1.90 bits per heavy atom. The molecule has 2 aromatic rings. The zero-order valence-corrected chi connectivity index (χ0v) is 13.6. The first-order valence-corrected chi connectivity index (χ1v) is 7.61. The van der Waals surface area contributed by atoms with E-state index < -0.39 is 0 Å². The second kappa shape index (κ2) is 5.83. The van der Waals surface area contributed by atoms with E-state index >= 15 is 0 Å². The molecule has 2 rings (SSSR count). The Morgan fingerprint density at radius 2 is 1.35 bits per heavy atom. The molecule has 0 amide bonds. The van der Waals surface area contributed by atoms with E-state index in [0.717, 1.165) is 0 Å². The van der Waals surface area contributed by atoms with Gasteiger partial charge in [0.05, 0.1) is 0 Å². The van der Waals surface area contributed by atoms with Crippen LogP contribution in [-0.4, -0.2) is 0 Å². The van der Waals surface area contributed by atoms with E-state index in [2.05, 4.69) is 77.9 Å². The van der Waals surface area contributed by atoms with Crippen LogP contribution in [0.25, 0.3) is 11.1 Å². The molecule has 0 bridgehead atoms. The van der Waals surface area contributed by atoms with Gasteiger partial charge in [-0.1, -0.05) is 69.7 Å². The summed E-state index contributed by atoms with van der Waals surface area (Å²) in [5.41, 5.74) is 8.35. The summed E-state index contributed by atoms with van der Waals surface area (Å²) in [5.74, 6) is 1.13. The fraction of sp³-hybridized carbons (Fsp3) is 0.400. The van der Waals surface area contributed by atoms with Gasteiger partial charge in [-0.15, -0.1) is 0 Å². The van der Waals surface area contributed by atoms with E-state index in [1.165, 1.54) is 33.4 Å². The minimum atomic E-state index is 0.546. The smallest absolute Gasteiger partial charge is 0.0146 e. The van der Waals surface area contributed by atoms with Gasteiger partial charge in [0, 0.05) is 0 Å². The number of aryl methyl sites for hydroxylation is 2. The normalized spacial score (nSPS) is 11.4. The number of benzene rings is 2. The largest absolute Gasteiger partial charge is 0.0587 e. The third-order valence-corrected chi connectivity index (χ3v) is 4.04. The van der Waals surface area contributed by atoms with Crippen LogP contribution in [0.3, 0.4) is 0 Å². The lowest BCUT2D eigenvalue weighted by molar-refractivity contribution is 0.835. The van der Waals surface area contributed by atoms with Crippen molar-refractivity contribution in [3.8, 4) is 11.1 Å². The first-order chi connectivity index (χ1) is 9.40. The highest BCUT2D eigenvalue weighted by molar-refractivity contribution is 5.72. The molecule has 0 aromatic heterocycles. The van der Waals surface area contributed by atoms with Gasteiger partial charge < -0.3 is 0 Å². The summed E-state index contributed by atoms with van der Waals surface area (Å²) >= 11 is 0. The molecule has 0 heterocycles. The van der Waals surface area contributed by atoms with E-state index in [1.54, 1.807) is 0 Å². The highest BCUT2D eigenvalue weighted by atomic mass is 14.2. The highest BCUT2D eigenvalue weighted by Gasteiger charge is 2.12. The van der Waals surface area contributed by atoms with Gasteiger partial charge in [0.15, 0.2) is 0 Å². The number of hydrogen-bond acceptors (Lipinski definition) is 0. The SMILES string of the molecule is Cc1ccc(-c2ccc(C(C)C)cc2C(C)C)c(C)c1. The van der Waals surface area contributed by atoms with Gasteiger partial charge in [0.2, 0.25) is 0 Å². The lowest BCUT2D eigenvalue weighted by Gasteiger charge is -2.18. The molecular formula is C20H26. The average Bonchev–Trinajstić information content (AvgIpc) is 2.38. The molecule has 0 N–H and O–H groups in total. The van der Waals surface area contributed by atoms with Crippen LogP contribution in [-0.2, 0) is 0 Å². The average molecular weight is 266 g/mol. The van der Waals surface area contributed by atoms with Crippen LogP contribution >= 0.6 is 0 Å². The molecule has 0 heteroatoms. The van der Waals surface area contributed by atoms with Crippen molar-refractivity contribution in [1.82, 2.24) is 0 Å². The fourth-order valence-corrected chi connectivity index (χ4v) is 2.78. The van der Waals surface area contributed by atoms with Crippen molar-refractivity contribution in [2.45, 2.75) is 53.4 Å². The second-order valence-electron chi connectivity index (χ2n) is 6.47. The van der Waals surface area contributed by atoms with Crippen molar-refractivity contribution in [3.05, 3.63) is 58.7 Å². The molecule has 0 saturated heterocycles. The zero-order chi connectivity index (χ0) is 14.9. The van der Waals surface area contributed by atoms with Crippen LogP contribution in [0.1, 0.15) is 61.8 Å². The molecule has 0 nitrogen and oxygen atoms in total. The maximum Gasteiger partial charge on any atom is -0.0146 e. The summed E-state index contributed by atoms with van der Waals surface area (Å²) in [6.45, 7) is 13.5. The Bertz CT molecular complexity index is 603. The van der Waals surface area contributed by atoms with Crippen LogP contribution in [0.15, 0.2) is 36.4 Å². The van der Waals surface area contributed by atoms with E-state index in [-0.39, 0.29) is 0 Å². The van der Waals surface area contributed by atoms with Gasteiger partial charge in [-0.2, -0.15) is 0 Å². The summed E-state index contributed by atoms with van der Waals surface area (Å²) < 4.78 is 0. The molecule has 20 heavy (non-hydrogen) atoms. The second-order valence-corrected chi connectivity index (χ2v) is 6.47. The molecular weight excluding hydrogens is 240 g/mol. The van der Waals surface area contributed by atoms with Gasteiger partial charge in [-0.05, 0) is 53.5 Å². The monoisotopic (exact) mass is 266 g/mol. The minimum absolute atomic E-state index is 0.546. The van der Waals surface area contributed by atoms with E-state index in [9.17, 15) is 0 Å². The maximum absolute atomic E-state index is 2.39. The van der Waals surface area contributed by atoms with Crippen LogP contribution in [0.5, 0.6) is 0 Å². The van der Waals surface area contributed by atoms with Crippen molar-refractivity contribution >= 4 is 0 Å². The lowest BCUT2D eigenvalue weighted by atomic mass is 9.87. The molecule has 0 aliphatic rings. The summed E-state index contributed by atoms with van der Waals surface area (Å²) in [7, 11) is 0. The number of hydrogen-bond donors (Lipinski definition) is 0. The maximum atomic E-state index is 2.39. The molecule has 0 atom stereocenters. The molecule has 0 unspecified atom stereocenters. The van der Waals surface area contributed by atoms with Gasteiger partial charge in [-0.25, -0.2) is 0 Å².